The molecule has 1 heterocycles. The van der Waals surface area contributed by atoms with Gasteiger partial charge in [-0.05, 0) is 80.5 Å². The van der Waals surface area contributed by atoms with Crippen molar-refractivity contribution in [1.82, 2.24) is 4.98 Å². The van der Waals surface area contributed by atoms with Crippen LogP contribution in [0.3, 0.4) is 0 Å². The number of hydrogen-bond acceptors (Lipinski definition) is 3. The van der Waals surface area contributed by atoms with E-state index in [0.29, 0.717) is 21.8 Å². The number of para-hydroxylation sites is 1. The molecule has 1 aliphatic rings. The molecule has 1 aliphatic carbocycles. The van der Waals surface area contributed by atoms with E-state index in [4.69, 9.17) is 16.3 Å². The van der Waals surface area contributed by atoms with Gasteiger partial charge >= 0.3 is 6.18 Å². The molecular weight excluding hydrogens is 465 g/mol. The Balaban J connectivity index is 1.40. The summed E-state index contributed by atoms with van der Waals surface area (Å²) in [6.07, 6.45) is 0.578. The normalized spacial score (nSPS) is 19.6. The fourth-order valence-corrected chi connectivity index (χ4v) is 4.90. The highest BCUT2D eigenvalue weighted by Gasteiger charge is 2.34. The number of aromatic nitrogens is 1. The summed E-state index contributed by atoms with van der Waals surface area (Å²) >= 11 is 5.91. The first-order chi connectivity index (χ1) is 16.3. The molecule has 180 valence electrons. The Morgan fingerprint density at radius 3 is 2.47 bits per heavy atom. The third kappa shape index (κ3) is 5.46. The number of ether oxygens (including phenoxy) is 1. The SMILES string of the molecule is CCC(C(=O)Nc1ccc(Cl)cc1)[C@H]1CC[C@H](Oc2ccnc3c(C(F)(F)F)cccc23)CC1. The van der Waals surface area contributed by atoms with Gasteiger partial charge in [0.2, 0.25) is 5.91 Å². The molecule has 0 saturated heterocycles. The van der Waals surface area contributed by atoms with Crippen molar-refractivity contribution >= 4 is 34.1 Å². The summed E-state index contributed by atoms with van der Waals surface area (Å²) in [4.78, 5) is 16.8. The summed E-state index contributed by atoms with van der Waals surface area (Å²) in [6.45, 7) is 2.01. The zero-order valence-corrected chi connectivity index (χ0v) is 19.5. The number of carbonyl (C=O) groups is 1. The molecule has 1 N–H and O–H groups in total. The first kappa shape index (κ1) is 24.3. The van der Waals surface area contributed by atoms with Crippen LogP contribution >= 0.6 is 11.6 Å². The number of carbonyl (C=O) groups excluding carboxylic acids is 1. The van der Waals surface area contributed by atoms with Crippen LogP contribution in [0.5, 0.6) is 5.75 Å². The van der Waals surface area contributed by atoms with Gasteiger partial charge in [-0.1, -0.05) is 24.6 Å². The first-order valence-electron chi connectivity index (χ1n) is 11.4. The van der Waals surface area contributed by atoms with Gasteiger partial charge in [0.25, 0.3) is 0 Å². The number of nitrogens with one attached hydrogen (secondary N) is 1. The molecule has 1 unspecified atom stereocenters. The van der Waals surface area contributed by atoms with E-state index in [9.17, 15) is 18.0 Å². The lowest BCUT2D eigenvalue weighted by atomic mass is 9.77. The van der Waals surface area contributed by atoms with E-state index in [1.807, 2.05) is 6.92 Å². The minimum absolute atomic E-state index is 0.00556. The molecule has 0 bridgehead atoms. The van der Waals surface area contributed by atoms with E-state index in [2.05, 4.69) is 10.3 Å². The number of amides is 1. The number of pyridine rings is 1. The van der Waals surface area contributed by atoms with Crippen LogP contribution in [0.15, 0.2) is 54.7 Å². The number of alkyl halides is 3. The molecule has 0 aliphatic heterocycles. The minimum Gasteiger partial charge on any atom is -0.490 e. The van der Waals surface area contributed by atoms with E-state index in [1.54, 1.807) is 36.4 Å². The standard InChI is InChI=1S/C26H26ClF3N2O2/c1-2-20(25(33)32-18-10-8-17(27)9-11-18)16-6-12-19(13-7-16)34-23-14-15-31-24-21(23)4-3-5-22(24)26(28,29)30/h3-5,8-11,14-16,19-20H,2,6-7,12-13H2,1H3,(H,32,33)/t16-,19-,20?. The van der Waals surface area contributed by atoms with Crippen LogP contribution in [0.1, 0.15) is 44.6 Å². The monoisotopic (exact) mass is 490 g/mol. The van der Waals surface area contributed by atoms with Crippen molar-refractivity contribution < 1.29 is 22.7 Å². The molecular formula is C26H26ClF3N2O2. The number of fused-ring (bicyclic) bond motifs is 1. The summed E-state index contributed by atoms with van der Waals surface area (Å²) in [6, 6.07) is 12.7. The Morgan fingerprint density at radius 2 is 1.82 bits per heavy atom. The van der Waals surface area contributed by atoms with Crippen LogP contribution < -0.4 is 10.1 Å². The van der Waals surface area contributed by atoms with Gasteiger partial charge in [0, 0.05) is 28.2 Å². The van der Waals surface area contributed by atoms with Gasteiger partial charge in [0.05, 0.1) is 17.2 Å². The van der Waals surface area contributed by atoms with Crippen LogP contribution in [-0.4, -0.2) is 17.0 Å². The molecule has 34 heavy (non-hydrogen) atoms. The van der Waals surface area contributed by atoms with Crippen molar-refractivity contribution in [3.8, 4) is 5.75 Å². The third-order valence-electron chi connectivity index (χ3n) is 6.51. The lowest BCUT2D eigenvalue weighted by Gasteiger charge is -2.33. The Bertz CT molecular complexity index is 1140. The Hall–Kier alpha value is -2.80. The van der Waals surface area contributed by atoms with Gasteiger partial charge in [-0.25, -0.2) is 0 Å². The summed E-state index contributed by atoms with van der Waals surface area (Å²) in [5, 5.41) is 3.94. The second-order valence-electron chi connectivity index (χ2n) is 8.67. The predicted molar refractivity (Wildman–Crippen MR) is 127 cm³/mol. The maximum atomic E-state index is 13.4. The van der Waals surface area contributed by atoms with Crippen molar-refractivity contribution in [3.05, 3.63) is 65.3 Å². The smallest absolute Gasteiger partial charge is 0.418 e. The highest BCUT2D eigenvalue weighted by molar-refractivity contribution is 6.30. The zero-order chi connectivity index (χ0) is 24.3. The molecule has 4 nitrogen and oxygen atoms in total. The lowest BCUT2D eigenvalue weighted by molar-refractivity contribution is -0.136. The van der Waals surface area contributed by atoms with Crippen LogP contribution in [0.4, 0.5) is 18.9 Å². The topological polar surface area (TPSA) is 51.2 Å². The van der Waals surface area contributed by atoms with E-state index in [1.165, 1.54) is 12.3 Å². The van der Waals surface area contributed by atoms with Crippen molar-refractivity contribution in [3.63, 3.8) is 0 Å². The first-order valence-corrected chi connectivity index (χ1v) is 11.8. The van der Waals surface area contributed by atoms with Gasteiger partial charge in [0.1, 0.15) is 5.75 Å². The summed E-state index contributed by atoms with van der Waals surface area (Å²) in [5.74, 6) is 0.511. The van der Waals surface area contributed by atoms with E-state index in [0.717, 1.165) is 38.2 Å². The number of benzene rings is 2. The second-order valence-corrected chi connectivity index (χ2v) is 9.11. The summed E-state index contributed by atoms with van der Waals surface area (Å²) in [7, 11) is 0. The van der Waals surface area contributed by atoms with Gasteiger partial charge in [-0.3, -0.25) is 9.78 Å². The lowest BCUT2D eigenvalue weighted by Crippen LogP contribution is -2.34. The zero-order valence-electron chi connectivity index (χ0n) is 18.7. The average Bonchev–Trinajstić information content (AvgIpc) is 2.81. The van der Waals surface area contributed by atoms with Gasteiger partial charge in [-0.2, -0.15) is 13.2 Å². The molecule has 1 amide bonds. The molecule has 3 aromatic rings. The van der Waals surface area contributed by atoms with E-state index < -0.39 is 11.7 Å². The second kappa shape index (κ2) is 10.2. The van der Waals surface area contributed by atoms with Crippen molar-refractivity contribution in [1.29, 1.82) is 0 Å². The highest BCUT2D eigenvalue weighted by atomic mass is 35.5. The van der Waals surface area contributed by atoms with Gasteiger partial charge in [-0.15, -0.1) is 0 Å². The summed E-state index contributed by atoms with van der Waals surface area (Å²) in [5.41, 5.74) is -0.157. The Morgan fingerprint density at radius 1 is 1.12 bits per heavy atom. The van der Waals surface area contributed by atoms with Crippen LogP contribution in [0.25, 0.3) is 10.9 Å². The number of rotatable bonds is 6. The molecule has 8 heteroatoms. The Kier molecular flexibility index (Phi) is 7.31. The molecule has 2 aromatic carbocycles. The quantitative estimate of drug-likeness (QED) is 0.389. The van der Waals surface area contributed by atoms with Crippen molar-refractivity contribution in [2.75, 3.05) is 5.32 Å². The minimum atomic E-state index is -4.48. The van der Waals surface area contributed by atoms with Gasteiger partial charge in [0.15, 0.2) is 0 Å². The number of nitrogens with zero attached hydrogens (tertiary/aromatic N) is 1. The molecule has 0 spiro atoms. The fraction of sp³-hybridized carbons (Fsp3) is 0.385. The Labute approximate surface area is 201 Å². The van der Waals surface area contributed by atoms with E-state index in [-0.39, 0.29) is 29.4 Å². The molecule has 1 saturated carbocycles. The van der Waals surface area contributed by atoms with E-state index >= 15 is 0 Å². The third-order valence-corrected chi connectivity index (χ3v) is 6.76. The van der Waals surface area contributed by atoms with Crippen LogP contribution in [0, 0.1) is 11.8 Å². The van der Waals surface area contributed by atoms with Crippen LogP contribution in [-0.2, 0) is 11.0 Å². The number of anilines is 1. The molecule has 1 fully saturated rings. The number of halogens is 4. The number of hydrogen-bond donors (Lipinski definition) is 1. The summed E-state index contributed by atoms with van der Waals surface area (Å²) < 4.78 is 46.2. The maximum Gasteiger partial charge on any atom is 0.418 e. The molecule has 4 rings (SSSR count). The predicted octanol–water partition coefficient (Wildman–Crippen LogP) is 7.51. The van der Waals surface area contributed by atoms with Crippen molar-refractivity contribution in [2.24, 2.45) is 11.8 Å². The average molecular weight is 491 g/mol. The van der Waals surface area contributed by atoms with Crippen molar-refractivity contribution in [2.45, 2.75) is 51.3 Å². The molecule has 1 aromatic heterocycles. The van der Waals surface area contributed by atoms with Crippen LogP contribution in [0.2, 0.25) is 5.02 Å². The molecule has 1 atom stereocenters. The molecule has 0 radical (unpaired) electrons. The largest absolute Gasteiger partial charge is 0.490 e. The maximum absolute atomic E-state index is 13.4. The van der Waals surface area contributed by atoms with Gasteiger partial charge < -0.3 is 10.1 Å². The highest BCUT2D eigenvalue weighted by Crippen LogP contribution is 2.38. The fourth-order valence-electron chi connectivity index (χ4n) is 4.77.